The van der Waals surface area contributed by atoms with Crippen molar-refractivity contribution in [3.05, 3.63) is 99.6 Å². The molecule has 0 amide bonds. The quantitative estimate of drug-likeness (QED) is 0.254. The van der Waals surface area contributed by atoms with Crippen LogP contribution in [0.25, 0.3) is 16.9 Å². The summed E-state index contributed by atoms with van der Waals surface area (Å²) in [5.41, 5.74) is 5.49. The van der Waals surface area contributed by atoms with Gasteiger partial charge in [-0.15, -0.1) is 0 Å². The SMILES string of the molecule is Clc1ccc(-c2cc(CCCN3CCN(c4ccc(Cl)c(Cl)c4)CC3)nn2-c2ccccc2)cc1. The third-order valence-electron chi connectivity index (χ3n) is 6.45. The van der Waals surface area contributed by atoms with Gasteiger partial charge in [0.05, 0.1) is 27.1 Å². The van der Waals surface area contributed by atoms with Gasteiger partial charge in [0.25, 0.3) is 0 Å². The molecule has 0 radical (unpaired) electrons. The Hall–Kier alpha value is -2.50. The van der Waals surface area contributed by atoms with E-state index in [1.807, 2.05) is 53.2 Å². The minimum atomic E-state index is 0.600. The zero-order chi connectivity index (χ0) is 24.2. The van der Waals surface area contributed by atoms with Crippen LogP contribution in [0.5, 0.6) is 0 Å². The van der Waals surface area contributed by atoms with E-state index in [1.54, 1.807) is 0 Å². The van der Waals surface area contributed by atoms with E-state index in [9.17, 15) is 0 Å². The predicted molar refractivity (Wildman–Crippen MR) is 147 cm³/mol. The van der Waals surface area contributed by atoms with Gasteiger partial charge in [0, 0.05) is 42.5 Å². The van der Waals surface area contributed by atoms with Gasteiger partial charge in [-0.25, -0.2) is 4.68 Å². The molecule has 0 spiro atoms. The fraction of sp³-hybridized carbons (Fsp3) is 0.250. The second kappa shape index (κ2) is 11.0. The van der Waals surface area contributed by atoms with Crippen LogP contribution in [-0.4, -0.2) is 47.4 Å². The number of aryl methyl sites for hydroxylation is 1. The summed E-state index contributed by atoms with van der Waals surface area (Å²) >= 11 is 18.4. The molecule has 1 aromatic heterocycles. The molecule has 0 aliphatic carbocycles. The lowest BCUT2D eigenvalue weighted by Crippen LogP contribution is -2.46. The molecule has 0 N–H and O–H groups in total. The van der Waals surface area contributed by atoms with Gasteiger partial charge in [-0.2, -0.15) is 5.10 Å². The number of rotatable bonds is 7. The molecule has 1 fully saturated rings. The van der Waals surface area contributed by atoms with Crippen molar-refractivity contribution >= 4 is 40.5 Å². The molecule has 5 rings (SSSR count). The van der Waals surface area contributed by atoms with Crippen LogP contribution >= 0.6 is 34.8 Å². The highest BCUT2D eigenvalue weighted by atomic mass is 35.5. The highest BCUT2D eigenvalue weighted by Gasteiger charge is 2.18. The maximum absolute atomic E-state index is 6.20. The Morgan fingerprint density at radius 1 is 0.714 bits per heavy atom. The Bertz CT molecular complexity index is 1260. The summed E-state index contributed by atoms with van der Waals surface area (Å²) in [5.74, 6) is 0. The summed E-state index contributed by atoms with van der Waals surface area (Å²) in [6.07, 6.45) is 2.01. The second-order valence-corrected chi connectivity index (χ2v) is 10.1. The third-order valence-corrected chi connectivity index (χ3v) is 7.44. The first-order chi connectivity index (χ1) is 17.1. The average molecular weight is 526 g/mol. The lowest BCUT2D eigenvalue weighted by molar-refractivity contribution is 0.255. The minimum Gasteiger partial charge on any atom is -0.369 e. The molecule has 4 aromatic rings. The van der Waals surface area contributed by atoms with Crippen LogP contribution in [0.3, 0.4) is 0 Å². The van der Waals surface area contributed by atoms with E-state index in [0.717, 1.165) is 78.9 Å². The molecule has 3 aromatic carbocycles. The summed E-state index contributed by atoms with van der Waals surface area (Å²) in [7, 11) is 0. The Morgan fingerprint density at radius 2 is 1.46 bits per heavy atom. The number of hydrogen-bond donors (Lipinski definition) is 0. The molecule has 4 nitrogen and oxygen atoms in total. The smallest absolute Gasteiger partial charge is 0.0743 e. The zero-order valence-corrected chi connectivity index (χ0v) is 21.6. The molecule has 0 saturated carbocycles. The summed E-state index contributed by atoms with van der Waals surface area (Å²) in [5, 5.41) is 6.91. The fourth-order valence-corrected chi connectivity index (χ4v) is 4.96. The maximum atomic E-state index is 6.20. The van der Waals surface area contributed by atoms with E-state index < -0.39 is 0 Å². The van der Waals surface area contributed by atoms with E-state index in [1.165, 1.54) is 0 Å². The van der Waals surface area contributed by atoms with Gasteiger partial charge in [0.15, 0.2) is 0 Å². The number of anilines is 1. The van der Waals surface area contributed by atoms with Crippen LogP contribution in [0.4, 0.5) is 5.69 Å². The van der Waals surface area contributed by atoms with Crippen LogP contribution in [0.1, 0.15) is 12.1 Å². The summed E-state index contributed by atoms with van der Waals surface area (Å²) in [6.45, 7) is 5.11. The van der Waals surface area contributed by atoms with Gasteiger partial charge in [-0.1, -0.05) is 65.1 Å². The van der Waals surface area contributed by atoms with Crippen molar-refractivity contribution in [2.45, 2.75) is 12.8 Å². The Labute approximate surface area is 221 Å². The first-order valence-electron chi connectivity index (χ1n) is 11.9. The van der Waals surface area contributed by atoms with E-state index in [4.69, 9.17) is 39.9 Å². The van der Waals surface area contributed by atoms with E-state index in [0.29, 0.717) is 10.0 Å². The number of nitrogens with zero attached hydrogens (tertiary/aromatic N) is 4. The van der Waals surface area contributed by atoms with E-state index >= 15 is 0 Å². The molecule has 1 aliphatic rings. The molecule has 7 heteroatoms. The topological polar surface area (TPSA) is 24.3 Å². The first-order valence-corrected chi connectivity index (χ1v) is 13.0. The monoisotopic (exact) mass is 524 g/mol. The van der Waals surface area contributed by atoms with Crippen molar-refractivity contribution in [3.63, 3.8) is 0 Å². The van der Waals surface area contributed by atoms with E-state index in [-0.39, 0.29) is 0 Å². The van der Waals surface area contributed by atoms with Gasteiger partial charge in [-0.05, 0) is 67.9 Å². The lowest BCUT2D eigenvalue weighted by Gasteiger charge is -2.36. The Balaban J connectivity index is 1.21. The highest BCUT2D eigenvalue weighted by Crippen LogP contribution is 2.28. The van der Waals surface area contributed by atoms with Gasteiger partial charge in [0.2, 0.25) is 0 Å². The van der Waals surface area contributed by atoms with Crippen molar-refractivity contribution < 1.29 is 0 Å². The number of aromatic nitrogens is 2. The third kappa shape index (κ3) is 5.84. The van der Waals surface area contributed by atoms with Crippen molar-refractivity contribution in [1.29, 1.82) is 0 Å². The van der Waals surface area contributed by atoms with Gasteiger partial charge < -0.3 is 4.90 Å². The van der Waals surface area contributed by atoms with Crippen molar-refractivity contribution in [2.24, 2.45) is 0 Å². The number of benzene rings is 3. The van der Waals surface area contributed by atoms with Crippen LogP contribution in [-0.2, 0) is 6.42 Å². The molecule has 1 saturated heterocycles. The Morgan fingerprint density at radius 3 is 2.17 bits per heavy atom. The zero-order valence-electron chi connectivity index (χ0n) is 19.4. The van der Waals surface area contributed by atoms with Crippen molar-refractivity contribution in [1.82, 2.24) is 14.7 Å². The van der Waals surface area contributed by atoms with Crippen LogP contribution < -0.4 is 4.90 Å². The Kier molecular flexibility index (Phi) is 7.64. The van der Waals surface area contributed by atoms with Crippen LogP contribution in [0.15, 0.2) is 78.9 Å². The molecule has 0 bridgehead atoms. The molecule has 2 heterocycles. The number of halogens is 3. The highest BCUT2D eigenvalue weighted by molar-refractivity contribution is 6.42. The van der Waals surface area contributed by atoms with Crippen molar-refractivity contribution in [3.8, 4) is 16.9 Å². The fourth-order valence-electron chi connectivity index (χ4n) is 4.54. The standard InChI is InChI=1S/C28H27Cl3N4/c29-22-10-8-21(9-11-22)28-19-23(32-35(28)24-6-2-1-3-7-24)5-4-14-33-15-17-34(18-16-33)25-12-13-26(30)27(31)20-25/h1-3,6-13,19-20H,4-5,14-18H2. The van der Waals surface area contributed by atoms with E-state index in [2.05, 4.69) is 40.1 Å². The van der Waals surface area contributed by atoms with Crippen LogP contribution in [0.2, 0.25) is 15.1 Å². The van der Waals surface area contributed by atoms with Gasteiger partial charge in [0.1, 0.15) is 0 Å². The normalized spacial score (nSPS) is 14.4. The molecular weight excluding hydrogens is 499 g/mol. The van der Waals surface area contributed by atoms with Crippen molar-refractivity contribution in [2.75, 3.05) is 37.6 Å². The van der Waals surface area contributed by atoms with Gasteiger partial charge >= 0.3 is 0 Å². The number of piperazine rings is 1. The number of hydrogen-bond acceptors (Lipinski definition) is 3. The summed E-state index contributed by atoms with van der Waals surface area (Å²) in [6, 6.07) is 26.3. The summed E-state index contributed by atoms with van der Waals surface area (Å²) in [4.78, 5) is 4.90. The maximum Gasteiger partial charge on any atom is 0.0743 e. The molecule has 0 atom stereocenters. The average Bonchev–Trinajstić information content (AvgIpc) is 3.31. The molecule has 0 unspecified atom stereocenters. The van der Waals surface area contributed by atoms with Crippen LogP contribution in [0, 0.1) is 0 Å². The molecule has 180 valence electrons. The molecular formula is C28H27Cl3N4. The molecule has 35 heavy (non-hydrogen) atoms. The minimum absolute atomic E-state index is 0.600. The lowest BCUT2D eigenvalue weighted by atomic mass is 10.1. The second-order valence-electron chi connectivity index (χ2n) is 8.81. The largest absolute Gasteiger partial charge is 0.369 e. The first kappa shape index (κ1) is 24.2. The summed E-state index contributed by atoms with van der Waals surface area (Å²) < 4.78 is 2.04. The predicted octanol–water partition coefficient (Wildman–Crippen LogP) is 7.25. The number of para-hydroxylation sites is 1. The molecule has 1 aliphatic heterocycles. The van der Waals surface area contributed by atoms with Gasteiger partial charge in [-0.3, -0.25) is 4.90 Å².